The second kappa shape index (κ2) is 12.1. The SMILES string of the molecule is CCOc1cc(/C=N/NC(=S)NCCN2CCOCC2)cc(Br)c1OCC. The van der Waals surface area contributed by atoms with Gasteiger partial charge in [-0.2, -0.15) is 5.10 Å². The molecule has 0 radical (unpaired) electrons. The average molecular weight is 459 g/mol. The van der Waals surface area contributed by atoms with Crippen LogP contribution < -0.4 is 20.2 Å². The standard InChI is InChI=1S/C18H27BrN4O3S/c1-3-25-16-12-14(11-15(19)17(16)26-4-2)13-21-22-18(27)20-5-6-23-7-9-24-10-8-23/h11-13H,3-10H2,1-2H3,(H2,20,22,27)/b21-13+. The summed E-state index contributed by atoms with van der Waals surface area (Å²) in [6.07, 6.45) is 1.69. The molecule has 7 nitrogen and oxygen atoms in total. The summed E-state index contributed by atoms with van der Waals surface area (Å²) in [6, 6.07) is 3.81. The summed E-state index contributed by atoms with van der Waals surface area (Å²) >= 11 is 8.77. The third kappa shape index (κ3) is 7.61. The number of hydrogen-bond acceptors (Lipinski definition) is 6. The van der Waals surface area contributed by atoms with Crippen LogP contribution in [0.3, 0.4) is 0 Å². The number of nitrogens with zero attached hydrogens (tertiary/aromatic N) is 2. The number of morpholine rings is 1. The second-order valence-electron chi connectivity index (χ2n) is 5.78. The minimum atomic E-state index is 0.495. The smallest absolute Gasteiger partial charge is 0.187 e. The van der Waals surface area contributed by atoms with E-state index < -0.39 is 0 Å². The zero-order chi connectivity index (χ0) is 19.5. The molecule has 2 N–H and O–H groups in total. The fraction of sp³-hybridized carbons (Fsp3) is 0.556. The van der Waals surface area contributed by atoms with Crippen LogP contribution in [-0.4, -0.2) is 68.8 Å². The molecule has 0 bridgehead atoms. The molecule has 0 atom stereocenters. The van der Waals surface area contributed by atoms with Crippen LogP contribution in [0.1, 0.15) is 19.4 Å². The zero-order valence-corrected chi connectivity index (χ0v) is 18.2. The predicted molar refractivity (Wildman–Crippen MR) is 115 cm³/mol. The number of thiocarbonyl (C=S) groups is 1. The fourth-order valence-electron chi connectivity index (χ4n) is 2.57. The molecule has 0 spiro atoms. The highest BCUT2D eigenvalue weighted by Gasteiger charge is 2.11. The van der Waals surface area contributed by atoms with Gasteiger partial charge in [0, 0.05) is 26.2 Å². The molecule has 1 fully saturated rings. The van der Waals surface area contributed by atoms with Crippen LogP contribution >= 0.6 is 28.1 Å². The van der Waals surface area contributed by atoms with E-state index in [0.717, 1.165) is 49.4 Å². The van der Waals surface area contributed by atoms with Crippen molar-refractivity contribution in [2.45, 2.75) is 13.8 Å². The molecule has 1 aromatic rings. The van der Waals surface area contributed by atoms with Gasteiger partial charge >= 0.3 is 0 Å². The zero-order valence-electron chi connectivity index (χ0n) is 15.8. The first-order chi connectivity index (χ1) is 13.1. The molecule has 1 saturated heterocycles. The van der Waals surface area contributed by atoms with Crippen LogP contribution in [0, 0.1) is 0 Å². The highest BCUT2D eigenvalue weighted by atomic mass is 79.9. The number of nitrogens with one attached hydrogen (secondary N) is 2. The van der Waals surface area contributed by atoms with E-state index in [0.29, 0.717) is 29.8 Å². The molecule has 1 heterocycles. The number of hydrazone groups is 1. The van der Waals surface area contributed by atoms with Crippen molar-refractivity contribution >= 4 is 39.5 Å². The van der Waals surface area contributed by atoms with E-state index in [2.05, 4.69) is 36.7 Å². The second-order valence-corrected chi connectivity index (χ2v) is 7.04. The molecular weight excluding hydrogens is 432 g/mol. The van der Waals surface area contributed by atoms with Gasteiger partial charge in [0.15, 0.2) is 16.6 Å². The number of rotatable bonds is 9. The van der Waals surface area contributed by atoms with Gasteiger partial charge in [0.1, 0.15) is 0 Å². The summed E-state index contributed by atoms with van der Waals surface area (Å²) < 4.78 is 17.5. The summed E-state index contributed by atoms with van der Waals surface area (Å²) in [5.74, 6) is 1.38. The lowest BCUT2D eigenvalue weighted by molar-refractivity contribution is 0.0389. The lowest BCUT2D eigenvalue weighted by Crippen LogP contribution is -2.42. The lowest BCUT2D eigenvalue weighted by atomic mass is 10.2. The summed E-state index contributed by atoms with van der Waals surface area (Å²) in [4.78, 5) is 2.34. The average Bonchev–Trinajstić information content (AvgIpc) is 2.66. The predicted octanol–water partition coefficient (Wildman–Crippen LogP) is 2.38. The molecule has 150 valence electrons. The third-order valence-corrected chi connectivity index (χ3v) is 4.64. The molecule has 0 aliphatic carbocycles. The highest BCUT2D eigenvalue weighted by Crippen LogP contribution is 2.36. The van der Waals surface area contributed by atoms with Gasteiger partial charge in [-0.3, -0.25) is 10.3 Å². The first kappa shape index (κ1) is 21.9. The minimum Gasteiger partial charge on any atom is -0.490 e. The number of ether oxygens (including phenoxy) is 3. The Bertz CT molecular complexity index is 639. The van der Waals surface area contributed by atoms with E-state index in [4.69, 9.17) is 26.4 Å². The van der Waals surface area contributed by atoms with Gasteiger partial charge < -0.3 is 19.5 Å². The van der Waals surface area contributed by atoms with Gasteiger partial charge in [0.2, 0.25) is 0 Å². The van der Waals surface area contributed by atoms with Gasteiger partial charge in [0.25, 0.3) is 0 Å². The molecule has 0 saturated carbocycles. The fourth-order valence-corrected chi connectivity index (χ4v) is 3.30. The molecule has 27 heavy (non-hydrogen) atoms. The van der Waals surface area contributed by atoms with Crippen LogP contribution in [0.15, 0.2) is 21.7 Å². The Morgan fingerprint density at radius 1 is 1.30 bits per heavy atom. The van der Waals surface area contributed by atoms with Crippen LogP contribution in [0.5, 0.6) is 11.5 Å². The minimum absolute atomic E-state index is 0.495. The van der Waals surface area contributed by atoms with Crippen molar-refractivity contribution in [3.05, 3.63) is 22.2 Å². The van der Waals surface area contributed by atoms with Gasteiger partial charge in [0.05, 0.1) is 37.1 Å². The number of hydrogen-bond donors (Lipinski definition) is 2. The maximum absolute atomic E-state index is 5.66. The molecule has 1 aromatic carbocycles. The normalized spacial score (nSPS) is 14.9. The van der Waals surface area contributed by atoms with Gasteiger partial charge in [-0.05, 0) is 59.7 Å². The van der Waals surface area contributed by atoms with Crippen molar-refractivity contribution in [1.29, 1.82) is 0 Å². The summed E-state index contributed by atoms with van der Waals surface area (Å²) in [5, 5.41) is 7.85. The maximum Gasteiger partial charge on any atom is 0.187 e. The van der Waals surface area contributed by atoms with E-state index in [1.807, 2.05) is 26.0 Å². The van der Waals surface area contributed by atoms with E-state index in [9.17, 15) is 0 Å². The molecule has 0 amide bonds. The lowest BCUT2D eigenvalue weighted by Gasteiger charge is -2.26. The Labute approximate surface area is 174 Å². The summed E-state index contributed by atoms with van der Waals surface area (Å²) in [5.41, 5.74) is 3.71. The molecule has 9 heteroatoms. The maximum atomic E-state index is 5.66. The summed E-state index contributed by atoms with van der Waals surface area (Å²) in [6.45, 7) is 10.2. The third-order valence-electron chi connectivity index (χ3n) is 3.82. The first-order valence-electron chi connectivity index (χ1n) is 9.10. The van der Waals surface area contributed by atoms with Crippen LogP contribution in [0.25, 0.3) is 0 Å². The molecule has 2 rings (SSSR count). The van der Waals surface area contributed by atoms with E-state index >= 15 is 0 Å². The molecule has 0 aromatic heterocycles. The molecule has 0 unspecified atom stereocenters. The van der Waals surface area contributed by atoms with Gasteiger partial charge in [-0.15, -0.1) is 0 Å². The van der Waals surface area contributed by atoms with Crippen molar-refractivity contribution < 1.29 is 14.2 Å². The Morgan fingerprint density at radius 3 is 2.74 bits per heavy atom. The Hall–Kier alpha value is -1.42. The Morgan fingerprint density at radius 2 is 2.04 bits per heavy atom. The Balaban J connectivity index is 1.82. The topological polar surface area (TPSA) is 67.4 Å². The van der Waals surface area contributed by atoms with Gasteiger partial charge in [-0.25, -0.2) is 0 Å². The van der Waals surface area contributed by atoms with Crippen molar-refractivity contribution in [3.63, 3.8) is 0 Å². The number of halogens is 1. The van der Waals surface area contributed by atoms with E-state index in [1.165, 1.54) is 0 Å². The van der Waals surface area contributed by atoms with Crippen molar-refractivity contribution in [1.82, 2.24) is 15.6 Å². The van der Waals surface area contributed by atoms with Crippen molar-refractivity contribution in [2.75, 3.05) is 52.6 Å². The Kier molecular flexibility index (Phi) is 9.82. The largest absolute Gasteiger partial charge is 0.490 e. The van der Waals surface area contributed by atoms with E-state index in [-0.39, 0.29) is 0 Å². The van der Waals surface area contributed by atoms with Crippen LogP contribution in [-0.2, 0) is 4.74 Å². The summed E-state index contributed by atoms with van der Waals surface area (Å²) in [7, 11) is 0. The van der Waals surface area contributed by atoms with Crippen LogP contribution in [0.4, 0.5) is 0 Å². The molecule has 1 aliphatic rings. The molecule has 1 aliphatic heterocycles. The van der Waals surface area contributed by atoms with Gasteiger partial charge in [-0.1, -0.05) is 0 Å². The van der Waals surface area contributed by atoms with Crippen molar-refractivity contribution in [2.24, 2.45) is 5.10 Å². The van der Waals surface area contributed by atoms with Crippen LogP contribution in [0.2, 0.25) is 0 Å². The van der Waals surface area contributed by atoms with Crippen molar-refractivity contribution in [3.8, 4) is 11.5 Å². The van der Waals surface area contributed by atoms with E-state index in [1.54, 1.807) is 6.21 Å². The monoisotopic (exact) mass is 458 g/mol. The highest BCUT2D eigenvalue weighted by molar-refractivity contribution is 9.10. The quantitative estimate of drug-likeness (QED) is 0.334. The first-order valence-corrected chi connectivity index (χ1v) is 10.3. The molecular formula is C18H27BrN4O3S. The number of benzene rings is 1.